The van der Waals surface area contributed by atoms with Crippen LogP contribution in [0.1, 0.15) is 12.5 Å². The van der Waals surface area contributed by atoms with E-state index in [1.54, 1.807) is 7.11 Å². The Bertz CT molecular complexity index is 1030. The Kier molecular flexibility index (Phi) is 7.85. The van der Waals surface area contributed by atoms with E-state index in [0.29, 0.717) is 17.7 Å². The Morgan fingerprint density at radius 3 is 2.36 bits per heavy atom. The van der Waals surface area contributed by atoms with Crippen molar-refractivity contribution in [2.45, 2.75) is 18.7 Å². The molecule has 1 aliphatic heterocycles. The Morgan fingerprint density at radius 1 is 1.00 bits per heavy atom. The van der Waals surface area contributed by atoms with Crippen molar-refractivity contribution >= 4 is 17.7 Å². The molecule has 1 aromatic heterocycles. The number of methoxy groups -OCH3 is 1. The molecule has 174 valence electrons. The van der Waals surface area contributed by atoms with E-state index in [4.69, 9.17) is 13.9 Å². The molecule has 0 N–H and O–H groups in total. The molecular formula is C24H28N4O4S. The Balaban J connectivity index is 1.21. The highest BCUT2D eigenvalue weighted by Gasteiger charge is 2.22. The number of piperazine rings is 1. The zero-order valence-corrected chi connectivity index (χ0v) is 19.7. The first kappa shape index (κ1) is 23.1. The molecule has 1 saturated heterocycles. The molecule has 2 aromatic carbocycles. The average Bonchev–Trinajstić information content (AvgIpc) is 3.33. The maximum Gasteiger partial charge on any atom is 0.277 e. The largest absolute Gasteiger partial charge is 0.497 e. The van der Waals surface area contributed by atoms with Gasteiger partial charge in [0.2, 0.25) is 11.8 Å². The average molecular weight is 469 g/mol. The highest BCUT2D eigenvalue weighted by Crippen LogP contribution is 2.25. The summed E-state index contributed by atoms with van der Waals surface area (Å²) in [5.74, 6) is 2.45. The van der Waals surface area contributed by atoms with Crippen molar-refractivity contribution in [2.75, 3.05) is 45.6 Å². The van der Waals surface area contributed by atoms with Crippen molar-refractivity contribution in [1.29, 1.82) is 0 Å². The smallest absolute Gasteiger partial charge is 0.277 e. The summed E-state index contributed by atoms with van der Waals surface area (Å²) in [6, 6.07) is 15.6. The van der Waals surface area contributed by atoms with Crippen molar-refractivity contribution in [3.63, 3.8) is 0 Å². The van der Waals surface area contributed by atoms with Crippen molar-refractivity contribution in [3.05, 3.63) is 54.1 Å². The lowest BCUT2D eigenvalue weighted by Gasteiger charge is -2.34. The van der Waals surface area contributed by atoms with Crippen LogP contribution in [-0.2, 0) is 11.3 Å². The minimum atomic E-state index is 0.0879. The van der Waals surface area contributed by atoms with Gasteiger partial charge in [-0.2, -0.15) is 0 Å². The molecule has 9 heteroatoms. The lowest BCUT2D eigenvalue weighted by Crippen LogP contribution is -2.48. The SMILES string of the molecule is CCOc1ccc(CN2CCN(C(=O)CSc3nnc(-c4ccc(OC)cc4)o3)CC2)cc1. The Hall–Kier alpha value is -3.04. The number of benzene rings is 2. The molecule has 1 fully saturated rings. The zero-order chi connectivity index (χ0) is 23.0. The van der Waals surface area contributed by atoms with Crippen LogP contribution < -0.4 is 9.47 Å². The van der Waals surface area contributed by atoms with Gasteiger partial charge in [0.25, 0.3) is 5.22 Å². The molecule has 0 unspecified atom stereocenters. The van der Waals surface area contributed by atoms with E-state index in [0.717, 1.165) is 49.8 Å². The molecule has 3 aromatic rings. The first-order valence-electron chi connectivity index (χ1n) is 11.0. The standard InChI is InChI=1S/C24H28N4O4S/c1-3-31-21-8-4-18(5-9-21)16-27-12-14-28(15-13-27)22(29)17-33-24-26-25-23(32-24)19-6-10-20(30-2)11-7-19/h4-11H,3,12-17H2,1-2H3. The van der Waals surface area contributed by atoms with Crippen LogP contribution in [-0.4, -0.2) is 71.6 Å². The number of hydrogen-bond acceptors (Lipinski definition) is 8. The van der Waals surface area contributed by atoms with Gasteiger partial charge >= 0.3 is 0 Å². The number of nitrogens with zero attached hydrogens (tertiary/aromatic N) is 4. The predicted octanol–water partition coefficient (Wildman–Crippen LogP) is 3.58. The second-order valence-electron chi connectivity index (χ2n) is 7.62. The van der Waals surface area contributed by atoms with Crippen LogP contribution in [0.5, 0.6) is 11.5 Å². The third-order valence-corrected chi connectivity index (χ3v) is 6.23. The number of rotatable bonds is 9. The van der Waals surface area contributed by atoms with Crippen molar-refractivity contribution in [1.82, 2.24) is 20.0 Å². The van der Waals surface area contributed by atoms with Gasteiger partial charge in [-0.3, -0.25) is 9.69 Å². The summed E-state index contributed by atoms with van der Waals surface area (Å²) in [4.78, 5) is 16.9. The van der Waals surface area contributed by atoms with Gasteiger partial charge in [0.15, 0.2) is 0 Å². The fourth-order valence-corrected chi connectivity index (χ4v) is 4.27. The number of aromatic nitrogens is 2. The monoisotopic (exact) mass is 468 g/mol. The van der Waals surface area contributed by atoms with Crippen LogP contribution in [0.2, 0.25) is 0 Å². The minimum absolute atomic E-state index is 0.0879. The summed E-state index contributed by atoms with van der Waals surface area (Å²) in [5, 5.41) is 8.53. The summed E-state index contributed by atoms with van der Waals surface area (Å²) in [6.45, 7) is 6.67. The third-order valence-electron chi connectivity index (χ3n) is 5.43. The fourth-order valence-electron chi connectivity index (χ4n) is 3.60. The normalized spacial score (nSPS) is 14.3. The second kappa shape index (κ2) is 11.2. The lowest BCUT2D eigenvalue weighted by molar-refractivity contribution is -0.130. The van der Waals surface area contributed by atoms with Gasteiger partial charge in [-0.15, -0.1) is 10.2 Å². The van der Waals surface area contributed by atoms with Gasteiger partial charge < -0.3 is 18.8 Å². The third kappa shape index (κ3) is 6.27. The van der Waals surface area contributed by atoms with Gasteiger partial charge in [0.05, 0.1) is 19.5 Å². The zero-order valence-electron chi connectivity index (χ0n) is 18.9. The summed E-state index contributed by atoms with van der Waals surface area (Å²) < 4.78 is 16.4. The maximum absolute atomic E-state index is 12.7. The first-order valence-corrected chi connectivity index (χ1v) is 12.0. The van der Waals surface area contributed by atoms with Crippen LogP contribution in [0.15, 0.2) is 58.2 Å². The van der Waals surface area contributed by atoms with E-state index in [2.05, 4.69) is 27.2 Å². The van der Waals surface area contributed by atoms with E-state index in [1.807, 2.05) is 48.2 Å². The lowest BCUT2D eigenvalue weighted by atomic mass is 10.2. The molecule has 0 atom stereocenters. The summed E-state index contributed by atoms with van der Waals surface area (Å²) in [5.41, 5.74) is 2.06. The maximum atomic E-state index is 12.7. The molecule has 1 amide bonds. The molecule has 0 saturated carbocycles. The Labute approximate surface area is 197 Å². The Morgan fingerprint density at radius 2 is 1.70 bits per heavy atom. The number of amides is 1. The van der Waals surface area contributed by atoms with Crippen molar-refractivity contribution in [2.24, 2.45) is 0 Å². The van der Waals surface area contributed by atoms with E-state index in [1.165, 1.54) is 17.3 Å². The topological polar surface area (TPSA) is 80.9 Å². The van der Waals surface area contributed by atoms with Crippen LogP contribution in [0, 0.1) is 0 Å². The molecule has 1 aliphatic rings. The van der Waals surface area contributed by atoms with Gasteiger partial charge in [-0.1, -0.05) is 23.9 Å². The summed E-state index contributed by atoms with van der Waals surface area (Å²) in [6.07, 6.45) is 0. The molecule has 4 rings (SSSR count). The quantitative estimate of drug-likeness (QED) is 0.441. The first-order chi connectivity index (χ1) is 16.1. The van der Waals surface area contributed by atoms with Crippen molar-refractivity contribution in [3.8, 4) is 23.0 Å². The van der Waals surface area contributed by atoms with Crippen LogP contribution in [0.3, 0.4) is 0 Å². The second-order valence-corrected chi connectivity index (χ2v) is 8.55. The van der Waals surface area contributed by atoms with E-state index >= 15 is 0 Å². The number of carbonyl (C=O) groups excluding carboxylic acids is 1. The molecular weight excluding hydrogens is 440 g/mol. The number of ether oxygens (including phenoxy) is 2. The number of carbonyl (C=O) groups is 1. The highest BCUT2D eigenvalue weighted by molar-refractivity contribution is 7.99. The van der Waals surface area contributed by atoms with E-state index in [-0.39, 0.29) is 11.7 Å². The van der Waals surface area contributed by atoms with Crippen molar-refractivity contribution < 1.29 is 18.7 Å². The summed E-state index contributed by atoms with van der Waals surface area (Å²) >= 11 is 1.27. The van der Waals surface area contributed by atoms with E-state index < -0.39 is 0 Å². The summed E-state index contributed by atoms with van der Waals surface area (Å²) in [7, 11) is 1.62. The molecule has 0 bridgehead atoms. The van der Waals surface area contributed by atoms with E-state index in [9.17, 15) is 4.79 Å². The minimum Gasteiger partial charge on any atom is -0.497 e. The van der Waals surface area contributed by atoms with Gasteiger partial charge in [0, 0.05) is 38.3 Å². The van der Waals surface area contributed by atoms with Crippen LogP contribution in [0.25, 0.3) is 11.5 Å². The van der Waals surface area contributed by atoms with Gasteiger partial charge in [-0.25, -0.2) is 0 Å². The number of thioether (sulfide) groups is 1. The molecule has 0 spiro atoms. The molecule has 33 heavy (non-hydrogen) atoms. The molecule has 8 nitrogen and oxygen atoms in total. The predicted molar refractivity (Wildman–Crippen MR) is 126 cm³/mol. The number of hydrogen-bond donors (Lipinski definition) is 0. The molecule has 2 heterocycles. The van der Waals surface area contributed by atoms with Crippen LogP contribution in [0.4, 0.5) is 0 Å². The fraction of sp³-hybridized carbons (Fsp3) is 0.375. The van der Waals surface area contributed by atoms with Crippen LogP contribution >= 0.6 is 11.8 Å². The van der Waals surface area contributed by atoms with Gasteiger partial charge in [0.1, 0.15) is 11.5 Å². The molecule has 0 radical (unpaired) electrons. The van der Waals surface area contributed by atoms with Gasteiger partial charge in [-0.05, 0) is 48.9 Å². The highest BCUT2D eigenvalue weighted by atomic mass is 32.2. The molecule has 0 aliphatic carbocycles.